The molecule has 0 bridgehead atoms. The number of rotatable bonds is 5. The molecule has 1 amide bonds. The zero-order valence-electron chi connectivity index (χ0n) is 13.3. The van der Waals surface area contributed by atoms with Crippen molar-refractivity contribution in [3.63, 3.8) is 0 Å². The monoisotopic (exact) mass is 313 g/mol. The first-order chi connectivity index (χ1) is 11.3. The van der Waals surface area contributed by atoms with Crippen LogP contribution in [-0.2, 0) is 6.54 Å². The van der Waals surface area contributed by atoms with Gasteiger partial charge in [0.05, 0.1) is 12.8 Å². The van der Waals surface area contributed by atoms with Gasteiger partial charge in [0.2, 0.25) is 0 Å². The summed E-state index contributed by atoms with van der Waals surface area (Å²) >= 11 is 0. The van der Waals surface area contributed by atoms with Gasteiger partial charge in [0.1, 0.15) is 11.5 Å². The molecule has 1 saturated carbocycles. The average molecular weight is 313 g/mol. The number of hydrogen-bond donors (Lipinski definition) is 2. The van der Waals surface area contributed by atoms with Crippen molar-refractivity contribution in [2.75, 3.05) is 5.32 Å². The number of nitrogens with zero attached hydrogens (tertiary/aromatic N) is 1. The van der Waals surface area contributed by atoms with Gasteiger partial charge in [0.25, 0.3) is 5.91 Å². The predicted molar refractivity (Wildman–Crippen MR) is 89.2 cm³/mol. The summed E-state index contributed by atoms with van der Waals surface area (Å²) in [7, 11) is 0. The second-order valence-corrected chi connectivity index (χ2v) is 6.02. The van der Waals surface area contributed by atoms with E-state index < -0.39 is 0 Å². The van der Waals surface area contributed by atoms with Crippen LogP contribution in [0.25, 0.3) is 0 Å². The third-order valence-electron chi connectivity index (χ3n) is 4.23. The van der Waals surface area contributed by atoms with Crippen molar-refractivity contribution < 1.29 is 9.21 Å². The molecule has 0 aromatic carbocycles. The number of furan rings is 1. The summed E-state index contributed by atoms with van der Waals surface area (Å²) < 4.78 is 5.29. The van der Waals surface area contributed by atoms with E-state index in [1.165, 1.54) is 25.7 Å². The molecular weight excluding hydrogens is 290 g/mol. The summed E-state index contributed by atoms with van der Waals surface area (Å²) in [6.07, 6.45) is 10.4. The molecule has 0 saturated heterocycles. The molecule has 5 heteroatoms. The molecule has 5 nitrogen and oxygen atoms in total. The molecule has 1 fully saturated rings. The van der Waals surface area contributed by atoms with E-state index in [2.05, 4.69) is 15.6 Å². The molecule has 2 N–H and O–H groups in total. The summed E-state index contributed by atoms with van der Waals surface area (Å²) in [6.45, 7) is 0.584. The van der Waals surface area contributed by atoms with Crippen molar-refractivity contribution in [1.82, 2.24) is 10.3 Å². The first kappa shape index (κ1) is 15.6. The van der Waals surface area contributed by atoms with E-state index >= 15 is 0 Å². The van der Waals surface area contributed by atoms with E-state index in [9.17, 15) is 4.79 Å². The number of pyridine rings is 1. The number of carbonyl (C=O) groups excluding carboxylic acids is 1. The second-order valence-electron chi connectivity index (χ2n) is 6.02. The smallest absolute Gasteiger partial charge is 0.270 e. The van der Waals surface area contributed by atoms with Crippen molar-refractivity contribution in [3.8, 4) is 0 Å². The largest absolute Gasteiger partial charge is 0.467 e. The lowest BCUT2D eigenvalue weighted by Gasteiger charge is -2.16. The van der Waals surface area contributed by atoms with Gasteiger partial charge in [-0.2, -0.15) is 0 Å². The highest BCUT2D eigenvalue weighted by atomic mass is 16.3. The molecule has 2 heterocycles. The van der Waals surface area contributed by atoms with Crippen molar-refractivity contribution in [1.29, 1.82) is 0 Å². The van der Waals surface area contributed by atoms with Gasteiger partial charge >= 0.3 is 0 Å². The Morgan fingerprint density at radius 3 is 2.78 bits per heavy atom. The molecule has 0 aliphatic heterocycles. The molecule has 122 valence electrons. The highest BCUT2D eigenvalue weighted by molar-refractivity contribution is 5.93. The minimum atomic E-state index is -0.0847. The minimum Gasteiger partial charge on any atom is -0.467 e. The normalized spacial score (nSPS) is 15.8. The van der Waals surface area contributed by atoms with Crippen LogP contribution in [-0.4, -0.2) is 16.9 Å². The zero-order valence-corrected chi connectivity index (χ0v) is 13.3. The maximum absolute atomic E-state index is 12.4. The van der Waals surface area contributed by atoms with Crippen LogP contribution in [0, 0.1) is 0 Å². The molecule has 2 aromatic heterocycles. The molecule has 1 aliphatic rings. The van der Waals surface area contributed by atoms with Gasteiger partial charge in [-0.15, -0.1) is 0 Å². The highest BCUT2D eigenvalue weighted by Gasteiger charge is 2.16. The molecule has 3 rings (SSSR count). The van der Waals surface area contributed by atoms with Gasteiger partial charge in [0, 0.05) is 17.9 Å². The number of hydrogen-bond acceptors (Lipinski definition) is 4. The van der Waals surface area contributed by atoms with Crippen molar-refractivity contribution in [2.45, 2.75) is 51.1 Å². The van der Waals surface area contributed by atoms with Gasteiger partial charge in [-0.05, 0) is 37.1 Å². The van der Waals surface area contributed by atoms with E-state index in [1.54, 1.807) is 18.5 Å². The van der Waals surface area contributed by atoms with Gasteiger partial charge in [0.15, 0.2) is 0 Å². The summed E-state index contributed by atoms with van der Waals surface area (Å²) in [4.78, 5) is 16.6. The van der Waals surface area contributed by atoms with Crippen LogP contribution in [0.2, 0.25) is 0 Å². The summed E-state index contributed by atoms with van der Waals surface area (Å²) in [6, 6.07) is 7.69. The number of aromatic nitrogens is 1. The Morgan fingerprint density at radius 2 is 2.04 bits per heavy atom. The van der Waals surface area contributed by atoms with E-state index in [4.69, 9.17) is 4.42 Å². The van der Waals surface area contributed by atoms with Crippen LogP contribution in [0.1, 0.15) is 54.8 Å². The van der Waals surface area contributed by atoms with Crippen LogP contribution in [0.5, 0.6) is 0 Å². The zero-order chi connectivity index (χ0) is 15.9. The number of amides is 1. The summed E-state index contributed by atoms with van der Waals surface area (Å²) in [5, 5.41) is 6.37. The summed E-state index contributed by atoms with van der Waals surface area (Å²) in [5.41, 5.74) is 1.32. The second kappa shape index (κ2) is 7.81. The standard InChI is InChI=1S/C18H23N3O2/c22-18(21-14-6-3-1-2-4-7-14)17-12-15(9-10-19-17)20-13-16-8-5-11-23-16/h5,8-12,14H,1-4,6-7,13H2,(H,19,20)(H,21,22). The number of carbonyl (C=O) groups is 1. The van der Waals surface area contributed by atoms with Crippen LogP contribution in [0.3, 0.4) is 0 Å². The average Bonchev–Trinajstić information content (AvgIpc) is 2.97. The van der Waals surface area contributed by atoms with E-state index in [-0.39, 0.29) is 11.9 Å². The van der Waals surface area contributed by atoms with Crippen LogP contribution in [0.15, 0.2) is 41.1 Å². The highest BCUT2D eigenvalue weighted by Crippen LogP contribution is 2.18. The SMILES string of the molecule is O=C(NC1CCCCCC1)c1cc(NCc2ccco2)ccn1. The lowest BCUT2D eigenvalue weighted by molar-refractivity contribution is 0.0928. The molecule has 23 heavy (non-hydrogen) atoms. The van der Waals surface area contributed by atoms with Crippen LogP contribution < -0.4 is 10.6 Å². The Labute approximate surface area is 136 Å². The van der Waals surface area contributed by atoms with E-state index in [0.29, 0.717) is 12.2 Å². The van der Waals surface area contributed by atoms with Crippen molar-refractivity contribution >= 4 is 11.6 Å². The summed E-state index contributed by atoms with van der Waals surface area (Å²) in [5.74, 6) is 0.768. The van der Waals surface area contributed by atoms with E-state index in [1.807, 2.05) is 18.2 Å². The first-order valence-corrected chi connectivity index (χ1v) is 8.34. The fourth-order valence-electron chi connectivity index (χ4n) is 2.95. The van der Waals surface area contributed by atoms with E-state index in [0.717, 1.165) is 24.3 Å². The van der Waals surface area contributed by atoms with Crippen LogP contribution in [0.4, 0.5) is 5.69 Å². The Balaban J connectivity index is 1.58. The molecule has 0 unspecified atom stereocenters. The van der Waals surface area contributed by atoms with Gasteiger partial charge in [-0.1, -0.05) is 25.7 Å². The Bertz CT molecular complexity index is 617. The maximum Gasteiger partial charge on any atom is 0.270 e. The molecule has 1 aliphatic carbocycles. The fraction of sp³-hybridized carbons (Fsp3) is 0.444. The first-order valence-electron chi connectivity index (χ1n) is 8.34. The van der Waals surface area contributed by atoms with Crippen LogP contribution >= 0.6 is 0 Å². The molecule has 2 aromatic rings. The maximum atomic E-state index is 12.4. The third kappa shape index (κ3) is 4.58. The quantitative estimate of drug-likeness (QED) is 0.825. The predicted octanol–water partition coefficient (Wildman–Crippen LogP) is 3.74. The van der Waals surface area contributed by atoms with Crippen molar-refractivity contribution in [2.24, 2.45) is 0 Å². The topological polar surface area (TPSA) is 67.2 Å². The molecule has 0 atom stereocenters. The third-order valence-corrected chi connectivity index (χ3v) is 4.23. The van der Waals surface area contributed by atoms with Gasteiger partial charge < -0.3 is 15.1 Å². The van der Waals surface area contributed by atoms with Gasteiger partial charge in [-0.25, -0.2) is 0 Å². The Hall–Kier alpha value is -2.30. The lowest BCUT2D eigenvalue weighted by atomic mass is 10.1. The van der Waals surface area contributed by atoms with Gasteiger partial charge in [-0.3, -0.25) is 9.78 Å². The minimum absolute atomic E-state index is 0.0847. The van der Waals surface area contributed by atoms with Crippen molar-refractivity contribution in [3.05, 3.63) is 48.2 Å². The molecule has 0 spiro atoms. The molecule has 0 radical (unpaired) electrons. The Morgan fingerprint density at radius 1 is 1.22 bits per heavy atom. The fourth-order valence-corrected chi connectivity index (χ4v) is 2.95. The lowest BCUT2D eigenvalue weighted by Crippen LogP contribution is -2.34. The molecular formula is C18H23N3O2. The number of anilines is 1. The number of nitrogens with one attached hydrogen (secondary N) is 2. The Kier molecular flexibility index (Phi) is 5.29.